The maximum Gasteiger partial charge on any atom is 0.256 e. The van der Waals surface area contributed by atoms with E-state index in [1.165, 1.54) is 6.33 Å². The molecule has 0 aliphatic carbocycles. The summed E-state index contributed by atoms with van der Waals surface area (Å²) in [6, 6.07) is 22.9. The molecule has 0 bridgehead atoms. The van der Waals surface area contributed by atoms with E-state index >= 15 is 0 Å². The smallest absolute Gasteiger partial charge is 0.256 e. The quantitative estimate of drug-likeness (QED) is 0.367. The Morgan fingerprint density at radius 1 is 0.818 bits per heavy atom. The molecule has 0 aliphatic heterocycles. The van der Waals surface area contributed by atoms with Gasteiger partial charge in [0.25, 0.3) is 11.8 Å². The van der Waals surface area contributed by atoms with Crippen LogP contribution in [0, 0.1) is 0 Å². The van der Waals surface area contributed by atoms with E-state index in [4.69, 9.17) is 4.74 Å². The van der Waals surface area contributed by atoms with Crippen LogP contribution in [0.1, 0.15) is 20.7 Å². The van der Waals surface area contributed by atoms with Crippen molar-refractivity contribution < 1.29 is 14.3 Å². The molecule has 164 valence electrons. The lowest BCUT2D eigenvalue weighted by Gasteiger charge is -2.09. The summed E-state index contributed by atoms with van der Waals surface area (Å²) in [5.74, 6) is 0.485. The Hall–Kier alpha value is -4.04. The Morgan fingerprint density at radius 3 is 2.24 bits per heavy atom. The van der Waals surface area contributed by atoms with E-state index in [0.29, 0.717) is 28.3 Å². The van der Waals surface area contributed by atoms with Crippen LogP contribution in [0.5, 0.6) is 5.75 Å². The lowest BCUT2D eigenvalue weighted by Crippen LogP contribution is -2.15. The van der Waals surface area contributed by atoms with E-state index in [-0.39, 0.29) is 11.8 Å². The second kappa shape index (κ2) is 10.1. The molecule has 33 heavy (non-hydrogen) atoms. The predicted molar refractivity (Wildman–Crippen MR) is 131 cm³/mol. The van der Waals surface area contributed by atoms with Crippen LogP contribution in [0.2, 0.25) is 0 Å². The molecule has 2 N–H and O–H groups in total. The first-order chi connectivity index (χ1) is 16.0. The summed E-state index contributed by atoms with van der Waals surface area (Å²) in [5, 5.41) is 5.59. The van der Waals surface area contributed by atoms with Gasteiger partial charge in [0.05, 0.1) is 12.8 Å². The van der Waals surface area contributed by atoms with Crippen LogP contribution >= 0.6 is 15.9 Å². The fourth-order valence-electron chi connectivity index (χ4n) is 3.10. The molecule has 4 aromatic rings. The number of carbonyl (C=O) groups is 2. The minimum atomic E-state index is -0.354. The third kappa shape index (κ3) is 5.61. The fourth-order valence-corrected chi connectivity index (χ4v) is 3.50. The lowest BCUT2D eigenvalue weighted by atomic mass is 10.1. The molecule has 0 atom stereocenters. The van der Waals surface area contributed by atoms with Crippen molar-refractivity contribution in [3.63, 3.8) is 0 Å². The van der Waals surface area contributed by atoms with Crippen molar-refractivity contribution in [3.8, 4) is 17.0 Å². The summed E-state index contributed by atoms with van der Waals surface area (Å²) in [6.45, 7) is 0. The van der Waals surface area contributed by atoms with Gasteiger partial charge in [-0.1, -0.05) is 28.1 Å². The number of aromatic nitrogens is 2. The SMILES string of the molecule is COc1ccc(-c2cc(NC(=O)c3cccc(NC(=O)c4cccc(Br)c4)c3)ncn2)cc1. The van der Waals surface area contributed by atoms with Crippen LogP contribution in [-0.2, 0) is 0 Å². The molecule has 3 aromatic carbocycles. The fraction of sp³-hybridized carbons (Fsp3) is 0.0400. The average Bonchev–Trinajstić information content (AvgIpc) is 2.84. The molecule has 0 radical (unpaired) electrons. The number of carbonyl (C=O) groups excluding carboxylic acids is 2. The summed E-state index contributed by atoms with van der Waals surface area (Å²) in [6.07, 6.45) is 1.39. The van der Waals surface area contributed by atoms with Crippen LogP contribution < -0.4 is 15.4 Å². The van der Waals surface area contributed by atoms with Crippen molar-refractivity contribution >= 4 is 39.2 Å². The summed E-state index contributed by atoms with van der Waals surface area (Å²) < 4.78 is 5.98. The van der Waals surface area contributed by atoms with Crippen molar-refractivity contribution in [2.75, 3.05) is 17.7 Å². The number of hydrogen-bond donors (Lipinski definition) is 2. The third-order valence-electron chi connectivity index (χ3n) is 4.76. The maximum absolute atomic E-state index is 12.8. The normalized spacial score (nSPS) is 10.4. The van der Waals surface area contributed by atoms with Crippen LogP contribution in [0.15, 0.2) is 89.7 Å². The second-order valence-corrected chi connectivity index (χ2v) is 7.93. The first-order valence-corrected chi connectivity index (χ1v) is 10.8. The number of hydrogen-bond acceptors (Lipinski definition) is 5. The number of nitrogens with zero attached hydrogens (tertiary/aromatic N) is 2. The number of amides is 2. The van der Waals surface area contributed by atoms with Gasteiger partial charge in [-0.3, -0.25) is 9.59 Å². The van der Waals surface area contributed by atoms with Gasteiger partial charge < -0.3 is 15.4 Å². The standard InChI is InChI=1S/C25H19BrN4O3/c1-33-21-10-8-16(9-11-21)22-14-23(28-15-27-22)30-25(32)18-5-3-7-20(13-18)29-24(31)17-4-2-6-19(26)12-17/h2-15H,1H3,(H,29,31)(H,27,28,30,32). The Bertz CT molecular complexity index is 1310. The number of rotatable bonds is 6. The van der Waals surface area contributed by atoms with Gasteiger partial charge in [-0.25, -0.2) is 9.97 Å². The zero-order chi connectivity index (χ0) is 23.2. The zero-order valence-electron chi connectivity index (χ0n) is 17.6. The molecule has 1 aromatic heterocycles. The largest absolute Gasteiger partial charge is 0.497 e. The van der Waals surface area contributed by atoms with E-state index in [2.05, 4.69) is 36.5 Å². The molecule has 0 fully saturated rings. The summed E-state index contributed by atoms with van der Waals surface area (Å²) in [7, 11) is 1.61. The monoisotopic (exact) mass is 502 g/mol. The van der Waals surface area contributed by atoms with E-state index in [0.717, 1.165) is 15.8 Å². The molecule has 4 rings (SSSR count). The van der Waals surface area contributed by atoms with Crippen molar-refractivity contribution in [1.82, 2.24) is 9.97 Å². The van der Waals surface area contributed by atoms with Gasteiger partial charge in [0, 0.05) is 32.9 Å². The number of benzene rings is 3. The van der Waals surface area contributed by atoms with E-state index in [9.17, 15) is 9.59 Å². The highest BCUT2D eigenvalue weighted by atomic mass is 79.9. The van der Waals surface area contributed by atoms with E-state index in [1.54, 1.807) is 55.6 Å². The highest BCUT2D eigenvalue weighted by molar-refractivity contribution is 9.10. The Kier molecular flexibility index (Phi) is 6.75. The molecule has 0 aliphatic rings. The van der Waals surface area contributed by atoms with Crippen molar-refractivity contribution in [2.45, 2.75) is 0 Å². The van der Waals surface area contributed by atoms with Crippen LogP contribution in [-0.4, -0.2) is 28.9 Å². The number of halogens is 1. The van der Waals surface area contributed by atoms with Crippen molar-refractivity contribution in [1.29, 1.82) is 0 Å². The minimum Gasteiger partial charge on any atom is -0.497 e. The van der Waals surface area contributed by atoms with E-state index in [1.807, 2.05) is 30.3 Å². The first-order valence-electron chi connectivity index (χ1n) is 9.96. The molecule has 7 nitrogen and oxygen atoms in total. The molecule has 0 saturated heterocycles. The highest BCUT2D eigenvalue weighted by Crippen LogP contribution is 2.22. The van der Waals surface area contributed by atoms with Gasteiger partial charge in [-0.15, -0.1) is 0 Å². The molecular weight excluding hydrogens is 484 g/mol. The topological polar surface area (TPSA) is 93.2 Å². The summed E-state index contributed by atoms with van der Waals surface area (Å²) >= 11 is 3.36. The number of nitrogens with one attached hydrogen (secondary N) is 2. The van der Waals surface area contributed by atoms with Crippen LogP contribution in [0.25, 0.3) is 11.3 Å². The van der Waals surface area contributed by atoms with Gasteiger partial charge in [-0.2, -0.15) is 0 Å². The van der Waals surface area contributed by atoms with Gasteiger partial charge in [0.1, 0.15) is 17.9 Å². The lowest BCUT2D eigenvalue weighted by molar-refractivity contribution is 0.101. The first kappa shape index (κ1) is 22.2. The Morgan fingerprint density at radius 2 is 1.52 bits per heavy atom. The number of ether oxygens (including phenoxy) is 1. The Balaban J connectivity index is 1.47. The molecule has 8 heteroatoms. The van der Waals surface area contributed by atoms with Crippen LogP contribution in [0.3, 0.4) is 0 Å². The van der Waals surface area contributed by atoms with E-state index < -0.39 is 0 Å². The molecular formula is C25H19BrN4O3. The maximum atomic E-state index is 12.8. The van der Waals surface area contributed by atoms with Gasteiger partial charge in [0.2, 0.25) is 0 Å². The van der Waals surface area contributed by atoms with Crippen LogP contribution in [0.4, 0.5) is 11.5 Å². The summed E-state index contributed by atoms with van der Waals surface area (Å²) in [5.41, 5.74) is 2.93. The molecule has 2 amide bonds. The molecule has 0 saturated carbocycles. The summed E-state index contributed by atoms with van der Waals surface area (Å²) in [4.78, 5) is 33.7. The molecule has 0 unspecified atom stereocenters. The van der Waals surface area contributed by atoms with Gasteiger partial charge in [-0.05, 0) is 60.7 Å². The Labute approximate surface area is 199 Å². The second-order valence-electron chi connectivity index (χ2n) is 7.02. The highest BCUT2D eigenvalue weighted by Gasteiger charge is 2.11. The molecule has 0 spiro atoms. The van der Waals surface area contributed by atoms with Gasteiger partial charge in [0.15, 0.2) is 0 Å². The van der Waals surface area contributed by atoms with Gasteiger partial charge >= 0.3 is 0 Å². The minimum absolute atomic E-state index is 0.270. The zero-order valence-corrected chi connectivity index (χ0v) is 19.2. The number of methoxy groups -OCH3 is 1. The predicted octanol–water partition coefficient (Wildman–Crippen LogP) is 5.42. The third-order valence-corrected chi connectivity index (χ3v) is 5.26. The number of anilines is 2. The molecule has 1 heterocycles. The van der Waals surface area contributed by atoms with Crippen molar-refractivity contribution in [2.24, 2.45) is 0 Å². The van der Waals surface area contributed by atoms with Crippen molar-refractivity contribution in [3.05, 3.63) is 101 Å². The average molecular weight is 503 g/mol.